The summed E-state index contributed by atoms with van der Waals surface area (Å²) < 4.78 is 0. The van der Waals surface area contributed by atoms with E-state index < -0.39 is 0 Å². The molecule has 2 rings (SSSR count). The summed E-state index contributed by atoms with van der Waals surface area (Å²) in [5.41, 5.74) is 5.06. The van der Waals surface area contributed by atoms with Gasteiger partial charge in [0.1, 0.15) is 0 Å². The number of thioether (sulfide) groups is 1. The molecule has 76 valence electrons. The quantitative estimate of drug-likeness (QED) is 0.707. The number of fused-ring (bicyclic) bond motifs is 1. The predicted octanol–water partition coefficient (Wildman–Crippen LogP) is 2.97. The molecule has 1 atom stereocenters. The van der Waals surface area contributed by atoms with Gasteiger partial charge in [0.2, 0.25) is 0 Å². The van der Waals surface area contributed by atoms with E-state index in [9.17, 15) is 5.11 Å². The van der Waals surface area contributed by atoms with E-state index in [2.05, 4.69) is 26.0 Å². The van der Waals surface area contributed by atoms with E-state index in [1.807, 2.05) is 11.8 Å². The molecule has 14 heavy (non-hydrogen) atoms. The molecule has 0 radical (unpaired) electrons. The van der Waals surface area contributed by atoms with E-state index in [0.717, 1.165) is 17.9 Å². The molecule has 0 spiro atoms. The van der Waals surface area contributed by atoms with Gasteiger partial charge in [-0.25, -0.2) is 0 Å². The predicted molar refractivity (Wildman–Crippen MR) is 61.7 cm³/mol. The van der Waals surface area contributed by atoms with Crippen LogP contribution in [-0.2, 0) is 5.75 Å². The summed E-state index contributed by atoms with van der Waals surface area (Å²) in [5, 5.41) is 10.00. The molecule has 1 aliphatic heterocycles. The average Bonchev–Trinajstić information content (AvgIpc) is 2.27. The topological polar surface area (TPSA) is 20.2 Å². The molecule has 0 aromatic heterocycles. The lowest BCUT2D eigenvalue weighted by Gasteiger charge is -2.15. The van der Waals surface area contributed by atoms with Gasteiger partial charge in [0.05, 0.1) is 6.10 Å². The summed E-state index contributed by atoms with van der Waals surface area (Å²) in [5.74, 6) is 2.11. The minimum atomic E-state index is -0.249. The fourth-order valence-electron chi connectivity index (χ4n) is 2.18. The summed E-state index contributed by atoms with van der Waals surface area (Å²) in [6, 6.07) is 4.38. The van der Waals surface area contributed by atoms with Gasteiger partial charge in [-0.15, -0.1) is 0 Å². The maximum atomic E-state index is 10.00. The highest BCUT2D eigenvalue weighted by atomic mass is 32.2. The molecular formula is C12H16OS. The number of rotatable bonds is 0. The van der Waals surface area contributed by atoms with Crippen LogP contribution in [0.1, 0.15) is 34.8 Å². The Balaban J connectivity index is 2.53. The SMILES string of the molecule is Cc1cc(C)c2c(c1)CSCC[C@H]2O. The first-order valence-electron chi connectivity index (χ1n) is 5.04. The Morgan fingerprint density at radius 3 is 2.93 bits per heavy atom. The maximum Gasteiger partial charge on any atom is 0.0803 e. The fraction of sp³-hybridized carbons (Fsp3) is 0.500. The van der Waals surface area contributed by atoms with Crippen molar-refractivity contribution in [2.45, 2.75) is 32.1 Å². The second-order valence-corrected chi connectivity index (χ2v) is 5.12. The molecule has 2 heteroatoms. The third-order valence-electron chi connectivity index (χ3n) is 2.74. The molecule has 0 saturated carbocycles. The molecule has 0 amide bonds. The molecule has 1 N–H and O–H groups in total. The van der Waals surface area contributed by atoms with Crippen LogP contribution in [0.3, 0.4) is 0 Å². The van der Waals surface area contributed by atoms with Gasteiger partial charge in [0, 0.05) is 5.75 Å². The van der Waals surface area contributed by atoms with Gasteiger partial charge < -0.3 is 5.11 Å². The van der Waals surface area contributed by atoms with Crippen molar-refractivity contribution in [2.75, 3.05) is 5.75 Å². The lowest BCUT2D eigenvalue weighted by Crippen LogP contribution is -2.03. The monoisotopic (exact) mass is 208 g/mol. The Labute approximate surface area is 89.5 Å². The smallest absolute Gasteiger partial charge is 0.0803 e. The van der Waals surface area contributed by atoms with Gasteiger partial charge >= 0.3 is 0 Å². The zero-order valence-corrected chi connectivity index (χ0v) is 9.53. The normalized spacial score (nSPS) is 21.5. The van der Waals surface area contributed by atoms with Crippen molar-refractivity contribution in [2.24, 2.45) is 0 Å². The first-order valence-corrected chi connectivity index (χ1v) is 6.20. The summed E-state index contributed by atoms with van der Waals surface area (Å²) in [7, 11) is 0. The minimum Gasteiger partial charge on any atom is -0.388 e. The van der Waals surface area contributed by atoms with Gasteiger partial charge in [-0.1, -0.05) is 17.7 Å². The van der Waals surface area contributed by atoms with Crippen molar-refractivity contribution in [3.63, 3.8) is 0 Å². The Kier molecular flexibility index (Phi) is 2.84. The number of aryl methyl sites for hydroxylation is 2. The van der Waals surface area contributed by atoms with Crippen LogP contribution in [0.2, 0.25) is 0 Å². The molecule has 1 aromatic rings. The van der Waals surface area contributed by atoms with Gasteiger partial charge in [-0.05, 0) is 42.7 Å². The Morgan fingerprint density at radius 1 is 1.36 bits per heavy atom. The Bertz CT molecular complexity index is 346. The van der Waals surface area contributed by atoms with Crippen molar-refractivity contribution in [1.29, 1.82) is 0 Å². The van der Waals surface area contributed by atoms with E-state index in [0.29, 0.717) is 0 Å². The zero-order chi connectivity index (χ0) is 10.1. The number of hydrogen-bond donors (Lipinski definition) is 1. The molecule has 0 saturated heterocycles. The number of aliphatic hydroxyl groups is 1. The van der Waals surface area contributed by atoms with Crippen molar-refractivity contribution < 1.29 is 5.11 Å². The van der Waals surface area contributed by atoms with Crippen LogP contribution in [0.5, 0.6) is 0 Å². The van der Waals surface area contributed by atoms with Crippen LogP contribution in [0.25, 0.3) is 0 Å². The third kappa shape index (κ3) is 1.82. The standard InChI is InChI=1S/C12H16OS/c1-8-5-9(2)12-10(6-8)7-14-4-3-11(12)13/h5-6,11,13H,3-4,7H2,1-2H3/t11-/m1/s1. The summed E-state index contributed by atoms with van der Waals surface area (Å²) in [6.45, 7) is 4.22. The highest BCUT2D eigenvalue weighted by molar-refractivity contribution is 7.98. The molecule has 0 aliphatic carbocycles. The summed E-state index contributed by atoms with van der Waals surface area (Å²) in [6.07, 6.45) is 0.641. The van der Waals surface area contributed by atoms with Gasteiger partial charge in [0.15, 0.2) is 0 Å². The molecule has 1 heterocycles. The molecule has 1 aliphatic rings. The average molecular weight is 208 g/mol. The van der Waals surface area contributed by atoms with Crippen LogP contribution in [-0.4, -0.2) is 10.9 Å². The van der Waals surface area contributed by atoms with Crippen LogP contribution in [0.4, 0.5) is 0 Å². The van der Waals surface area contributed by atoms with Crippen molar-refractivity contribution >= 4 is 11.8 Å². The van der Waals surface area contributed by atoms with Crippen molar-refractivity contribution in [1.82, 2.24) is 0 Å². The molecule has 1 nitrogen and oxygen atoms in total. The van der Waals surface area contributed by atoms with E-state index in [1.54, 1.807) is 0 Å². The van der Waals surface area contributed by atoms with Crippen molar-refractivity contribution in [3.05, 3.63) is 34.4 Å². The van der Waals surface area contributed by atoms with Crippen LogP contribution < -0.4 is 0 Å². The summed E-state index contributed by atoms with van der Waals surface area (Å²) >= 11 is 1.92. The number of hydrogen-bond acceptors (Lipinski definition) is 2. The molecular weight excluding hydrogens is 192 g/mol. The molecule has 0 bridgehead atoms. The lowest BCUT2D eigenvalue weighted by atomic mass is 9.94. The van der Waals surface area contributed by atoms with Gasteiger partial charge in [-0.3, -0.25) is 0 Å². The number of aliphatic hydroxyl groups excluding tert-OH is 1. The van der Waals surface area contributed by atoms with E-state index in [-0.39, 0.29) is 6.10 Å². The van der Waals surface area contributed by atoms with Gasteiger partial charge in [0.25, 0.3) is 0 Å². The fourth-order valence-corrected chi connectivity index (χ4v) is 3.18. The van der Waals surface area contributed by atoms with E-state index >= 15 is 0 Å². The largest absolute Gasteiger partial charge is 0.388 e. The highest BCUT2D eigenvalue weighted by Gasteiger charge is 2.18. The first kappa shape index (κ1) is 10.1. The second-order valence-electron chi connectivity index (χ2n) is 4.01. The zero-order valence-electron chi connectivity index (χ0n) is 8.71. The Hall–Kier alpha value is -0.470. The lowest BCUT2D eigenvalue weighted by molar-refractivity contribution is 0.174. The highest BCUT2D eigenvalue weighted by Crippen LogP contribution is 2.33. The molecule has 0 fully saturated rings. The summed E-state index contributed by atoms with van der Waals surface area (Å²) in [4.78, 5) is 0. The third-order valence-corrected chi connectivity index (χ3v) is 3.78. The minimum absolute atomic E-state index is 0.249. The van der Waals surface area contributed by atoms with E-state index in [4.69, 9.17) is 0 Å². The molecule has 0 unspecified atom stereocenters. The van der Waals surface area contributed by atoms with Crippen molar-refractivity contribution in [3.8, 4) is 0 Å². The van der Waals surface area contributed by atoms with Gasteiger partial charge in [-0.2, -0.15) is 11.8 Å². The van der Waals surface area contributed by atoms with Crippen LogP contribution >= 0.6 is 11.8 Å². The number of benzene rings is 1. The van der Waals surface area contributed by atoms with Crippen LogP contribution in [0, 0.1) is 13.8 Å². The first-order chi connectivity index (χ1) is 6.68. The van der Waals surface area contributed by atoms with E-state index in [1.165, 1.54) is 22.3 Å². The second kappa shape index (κ2) is 3.95. The molecule has 1 aromatic carbocycles. The maximum absolute atomic E-state index is 10.00. The Morgan fingerprint density at radius 2 is 2.14 bits per heavy atom. The van der Waals surface area contributed by atoms with Crippen LogP contribution in [0.15, 0.2) is 12.1 Å².